The van der Waals surface area contributed by atoms with Gasteiger partial charge < -0.3 is 0 Å². The molecule has 3 heteroatoms. The highest BCUT2D eigenvalue weighted by Crippen LogP contribution is 2.60. The molecule has 6 rings (SSSR count). The normalized spacial score (nSPS) is 15.4. The molecule has 0 unspecified atom stereocenters. The van der Waals surface area contributed by atoms with Crippen molar-refractivity contribution in [3.05, 3.63) is 113 Å². The fraction of sp³-hybridized carbons (Fsp3) is 0.0417. The lowest BCUT2D eigenvalue weighted by Gasteiger charge is -2.45. The predicted octanol–water partition coefficient (Wildman–Crippen LogP) is 6.39. The third kappa shape index (κ3) is 2.01. The lowest BCUT2D eigenvalue weighted by atomic mass is 9.65. The molecule has 0 aliphatic carbocycles. The van der Waals surface area contributed by atoms with Crippen molar-refractivity contribution in [3.63, 3.8) is 0 Å². The smallest absolute Gasteiger partial charge is 0.106 e. The van der Waals surface area contributed by atoms with Crippen molar-refractivity contribution < 1.29 is 0 Å². The van der Waals surface area contributed by atoms with Crippen molar-refractivity contribution in [2.24, 2.45) is 0 Å². The molecule has 0 bridgehead atoms. The first-order valence-corrected chi connectivity index (χ1v) is 10.6. The first-order valence-electron chi connectivity index (χ1n) is 8.99. The summed E-state index contributed by atoms with van der Waals surface area (Å²) in [7, 11) is 0. The molecule has 0 amide bonds. The molecule has 3 aromatic carbocycles. The molecular weight excluding hydrogens is 366 g/mol. The molecule has 3 heterocycles. The lowest BCUT2D eigenvalue weighted by molar-refractivity contribution is 0.656. The molecular formula is C24H15NS2. The van der Waals surface area contributed by atoms with Crippen LogP contribution in [0.2, 0.25) is 0 Å². The first-order chi connectivity index (χ1) is 13.4. The molecule has 2 aliphatic rings. The fourth-order valence-electron chi connectivity index (χ4n) is 4.45. The van der Waals surface area contributed by atoms with Crippen molar-refractivity contribution in [3.8, 4) is 0 Å². The van der Waals surface area contributed by atoms with E-state index in [-0.39, 0.29) is 5.41 Å². The summed E-state index contributed by atoms with van der Waals surface area (Å²) in [5.74, 6) is 0. The standard InChI is InChI=1S/C24H15NS2/c1-4-12-20-16(8-1)24(17-9-2-5-13-21(17)26-20)18-10-3-6-14-22(18)27-23-19(24)11-7-15-25-23/h1-15H. The van der Waals surface area contributed by atoms with Crippen molar-refractivity contribution >= 4 is 23.5 Å². The minimum absolute atomic E-state index is 0.316. The van der Waals surface area contributed by atoms with Crippen LogP contribution in [0.25, 0.3) is 0 Å². The van der Waals surface area contributed by atoms with Crippen LogP contribution in [0, 0.1) is 0 Å². The Morgan fingerprint density at radius 1 is 0.519 bits per heavy atom. The Balaban J connectivity index is 1.85. The lowest BCUT2D eigenvalue weighted by Crippen LogP contribution is -2.36. The molecule has 1 aromatic heterocycles. The number of benzene rings is 3. The van der Waals surface area contributed by atoms with E-state index in [1.165, 1.54) is 36.9 Å². The van der Waals surface area contributed by atoms with Gasteiger partial charge in [-0.05, 0) is 41.0 Å². The van der Waals surface area contributed by atoms with Crippen LogP contribution >= 0.6 is 23.5 Å². The van der Waals surface area contributed by atoms with Gasteiger partial charge in [0.2, 0.25) is 0 Å². The van der Waals surface area contributed by atoms with Gasteiger partial charge in [0.25, 0.3) is 0 Å². The molecule has 0 N–H and O–H groups in total. The third-order valence-corrected chi connectivity index (χ3v) is 7.72. The Morgan fingerprint density at radius 3 is 1.59 bits per heavy atom. The van der Waals surface area contributed by atoms with Crippen LogP contribution in [0.4, 0.5) is 0 Å². The van der Waals surface area contributed by atoms with Crippen LogP contribution in [-0.4, -0.2) is 4.98 Å². The van der Waals surface area contributed by atoms with E-state index in [0.717, 1.165) is 5.03 Å². The average molecular weight is 382 g/mol. The summed E-state index contributed by atoms with van der Waals surface area (Å²) in [6.07, 6.45) is 1.91. The highest BCUT2D eigenvalue weighted by atomic mass is 32.2. The van der Waals surface area contributed by atoms with E-state index >= 15 is 0 Å². The van der Waals surface area contributed by atoms with E-state index in [2.05, 4.69) is 84.9 Å². The topological polar surface area (TPSA) is 12.9 Å². The zero-order valence-electron chi connectivity index (χ0n) is 14.4. The monoisotopic (exact) mass is 381 g/mol. The maximum Gasteiger partial charge on any atom is 0.106 e. The maximum absolute atomic E-state index is 4.77. The highest BCUT2D eigenvalue weighted by Gasteiger charge is 2.48. The number of pyridine rings is 1. The van der Waals surface area contributed by atoms with Crippen molar-refractivity contribution in [1.82, 2.24) is 4.98 Å². The number of rotatable bonds is 0. The second-order valence-electron chi connectivity index (χ2n) is 6.80. The molecule has 4 aromatic rings. The SMILES string of the molecule is c1ccc2c(c1)Sc1ccccc1C21c2ccccc2Sc2ncccc21. The van der Waals surface area contributed by atoms with Gasteiger partial charge in [-0.1, -0.05) is 84.2 Å². The molecule has 0 atom stereocenters. The van der Waals surface area contributed by atoms with E-state index in [4.69, 9.17) is 4.98 Å². The summed E-state index contributed by atoms with van der Waals surface area (Å²) < 4.78 is 0. The van der Waals surface area contributed by atoms with Gasteiger partial charge in [0, 0.05) is 26.4 Å². The minimum Gasteiger partial charge on any atom is -0.249 e. The molecule has 0 saturated heterocycles. The van der Waals surface area contributed by atoms with E-state index < -0.39 is 0 Å². The van der Waals surface area contributed by atoms with E-state index in [1.54, 1.807) is 11.8 Å². The number of aromatic nitrogens is 1. The van der Waals surface area contributed by atoms with Gasteiger partial charge in [0.05, 0.1) is 5.41 Å². The van der Waals surface area contributed by atoms with Gasteiger partial charge in [-0.2, -0.15) is 0 Å². The predicted molar refractivity (Wildman–Crippen MR) is 111 cm³/mol. The van der Waals surface area contributed by atoms with Gasteiger partial charge in [0.1, 0.15) is 5.03 Å². The van der Waals surface area contributed by atoms with Crippen molar-refractivity contribution in [2.75, 3.05) is 0 Å². The van der Waals surface area contributed by atoms with Crippen LogP contribution < -0.4 is 0 Å². The summed E-state index contributed by atoms with van der Waals surface area (Å²) >= 11 is 3.65. The second-order valence-corrected chi connectivity index (χ2v) is 8.91. The highest BCUT2D eigenvalue weighted by molar-refractivity contribution is 7.99. The Bertz CT molecular complexity index is 1010. The third-order valence-electron chi connectivity index (χ3n) is 5.47. The summed E-state index contributed by atoms with van der Waals surface area (Å²) in [5, 5.41) is 1.10. The molecule has 128 valence electrons. The molecule has 1 spiro atoms. The zero-order chi connectivity index (χ0) is 17.8. The first kappa shape index (κ1) is 15.6. The van der Waals surface area contributed by atoms with Gasteiger partial charge >= 0.3 is 0 Å². The Hall–Kier alpha value is -2.49. The zero-order valence-corrected chi connectivity index (χ0v) is 16.1. The summed E-state index contributed by atoms with van der Waals surface area (Å²) in [6.45, 7) is 0. The van der Waals surface area contributed by atoms with Crippen LogP contribution in [0.5, 0.6) is 0 Å². The van der Waals surface area contributed by atoms with Gasteiger partial charge in [-0.25, -0.2) is 4.98 Å². The molecule has 2 aliphatic heterocycles. The quantitative estimate of drug-likeness (QED) is 0.302. The number of fused-ring (bicyclic) bond motifs is 8. The van der Waals surface area contributed by atoms with Gasteiger partial charge in [-0.15, -0.1) is 0 Å². The van der Waals surface area contributed by atoms with Crippen molar-refractivity contribution in [1.29, 1.82) is 0 Å². The average Bonchev–Trinajstić information content (AvgIpc) is 2.73. The fourth-order valence-corrected chi connectivity index (χ4v) is 6.77. The molecule has 27 heavy (non-hydrogen) atoms. The molecule has 0 fully saturated rings. The number of hydrogen-bond acceptors (Lipinski definition) is 3. The minimum atomic E-state index is -0.316. The summed E-state index contributed by atoms with van der Waals surface area (Å²) in [6, 6.07) is 30.8. The van der Waals surface area contributed by atoms with Crippen LogP contribution in [0.15, 0.2) is 111 Å². The second kappa shape index (κ2) is 5.75. The summed E-state index contributed by atoms with van der Waals surface area (Å²) in [4.78, 5) is 8.71. The van der Waals surface area contributed by atoms with Gasteiger partial charge in [0.15, 0.2) is 0 Å². The molecule has 0 saturated carbocycles. The summed E-state index contributed by atoms with van der Waals surface area (Å²) in [5.41, 5.74) is 5.04. The Labute approximate surface area is 166 Å². The number of nitrogens with zero attached hydrogens (tertiary/aromatic N) is 1. The van der Waals surface area contributed by atoms with E-state index in [1.807, 2.05) is 18.0 Å². The van der Waals surface area contributed by atoms with Crippen molar-refractivity contribution in [2.45, 2.75) is 25.1 Å². The van der Waals surface area contributed by atoms with Crippen LogP contribution in [0.3, 0.4) is 0 Å². The molecule has 0 radical (unpaired) electrons. The van der Waals surface area contributed by atoms with E-state index in [9.17, 15) is 0 Å². The van der Waals surface area contributed by atoms with Gasteiger partial charge in [-0.3, -0.25) is 0 Å². The number of hydrogen-bond donors (Lipinski definition) is 0. The Kier molecular flexibility index (Phi) is 3.31. The Morgan fingerprint density at radius 2 is 1.00 bits per heavy atom. The van der Waals surface area contributed by atoms with Crippen LogP contribution in [-0.2, 0) is 5.41 Å². The molecule has 1 nitrogen and oxygen atoms in total. The maximum atomic E-state index is 4.77. The largest absolute Gasteiger partial charge is 0.249 e. The van der Waals surface area contributed by atoms with E-state index in [0.29, 0.717) is 0 Å². The van der Waals surface area contributed by atoms with Crippen LogP contribution in [0.1, 0.15) is 22.3 Å².